The van der Waals surface area contributed by atoms with Gasteiger partial charge in [-0.3, -0.25) is 9.59 Å². The summed E-state index contributed by atoms with van der Waals surface area (Å²) in [6.07, 6.45) is 0. The normalized spacial score (nSPS) is 10.3. The number of hydrogen-bond acceptors (Lipinski definition) is 5. The van der Waals surface area contributed by atoms with Gasteiger partial charge in [-0.2, -0.15) is 11.8 Å². The number of carboxylic acids is 1. The molecule has 0 saturated heterocycles. The minimum absolute atomic E-state index is 0.104. The van der Waals surface area contributed by atoms with Crippen LogP contribution in [0.25, 0.3) is 0 Å². The molecule has 0 bridgehead atoms. The molecule has 1 aromatic rings. The van der Waals surface area contributed by atoms with Gasteiger partial charge in [-0.15, -0.1) is 0 Å². The summed E-state index contributed by atoms with van der Waals surface area (Å²) in [5, 5.41) is 8.87. The van der Waals surface area contributed by atoms with Gasteiger partial charge in [0, 0.05) is 11.8 Å². The highest BCUT2D eigenvalue weighted by Gasteiger charge is 2.04. The van der Waals surface area contributed by atoms with Crippen LogP contribution in [0.4, 0.5) is 0 Å². The molecule has 0 aliphatic heterocycles. The van der Waals surface area contributed by atoms with E-state index in [1.165, 1.54) is 6.07 Å². The van der Waals surface area contributed by atoms with E-state index >= 15 is 0 Å². The first-order chi connectivity index (χ1) is 7.61. The Morgan fingerprint density at radius 2 is 2.38 bits per heavy atom. The third-order valence-electron chi connectivity index (χ3n) is 1.56. The zero-order chi connectivity index (χ0) is 12.0. The highest BCUT2D eigenvalue weighted by molar-refractivity contribution is 7.99. The maximum absolute atomic E-state index is 11.3. The molecule has 0 aliphatic carbocycles. The van der Waals surface area contributed by atoms with Gasteiger partial charge < -0.3 is 10.1 Å². The van der Waals surface area contributed by atoms with E-state index in [2.05, 4.69) is 9.97 Å². The van der Waals surface area contributed by atoms with Crippen molar-refractivity contribution < 1.29 is 9.90 Å². The monoisotopic (exact) mass is 260 g/mol. The number of H-pyrrole nitrogens is 1. The third-order valence-corrected chi connectivity index (χ3v) is 3.33. The molecule has 0 atom stereocenters. The molecule has 5 nitrogen and oxygen atoms in total. The number of carboxylic acid groups (broad SMARTS) is 1. The third kappa shape index (κ3) is 4.71. The van der Waals surface area contributed by atoms with Crippen LogP contribution in [0.5, 0.6) is 0 Å². The molecular weight excluding hydrogens is 248 g/mol. The van der Waals surface area contributed by atoms with Gasteiger partial charge in [0.25, 0.3) is 5.56 Å². The van der Waals surface area contributed by atoms with Crippen LogP contribution in [0.2, 0.25) is 0 Å². The first-order valence-electron chi connectivity index (χ1n) is 4.64. The highest BCUT2D eigenvalue weighted by atomic mass is 32.2. The van der Waals surface area contributed by atoms with Gasteiger partial charge in [0.1, 0.15) is 0 Å². The lowest BCUT2D eigenvalue weighted by atomic mass is 10.5. The Hall–Kier alpha value is -0.950. The van der Waals surface area contributed by atoms with Crippen LogP contribution in [-0.4, -0.2) is 32.5 Å². The Balaban J connectivity index is 2.73. The number of rotatable bonds is 6. The van der Waals surface area contributed by atoms with E-state index in [0.29, 0.717) is 16.6 Å². The average molecular weight is 260 g/mol. The van der Waals surface area contributed by atoms with Crippen molar-refractivity contribution in [1.29, 1.82) is 0 Å². The van der Waals surface area contributed by atoms with Crippen molar-refractivity contribution in [3.8, 4) is 0 Å². The van der Waals surface area contributed by atoms with Gasteiger partial charge >= 0.3 is 5.97 Å². The Bertz CT molecular complexity index is 419. The minimum atomic E-state index is -0.930. The predicted octanol–water partition coefficient (Wildman–Crippen LogP) is 1.20. The van der Waals surface area contributed by atoms with Crippen molar-refractivity contribution in [3.63, 3.8) is 0 Å². The zero-order valence-electron chi connectivity index (χ0n) is 8.73. The van der Waals surface area contributed by atoms with Crippen molar-refractivity contribution in [2.75, 3.05) is 11.5 Å². The SMILES string of the molecule is CCSCc1cc(=O)[nH]c(SCC(=O)O)n1. The summed E-state index contributed by atoms with van der Waals surface area (Å²) < 4.78 is 0. The fourth-order valence-corrected chi connectivity index (χ4v) is 2.14. The largest absolute Gasteiger partial charge is 0.481 e. The number of aromatic nitrogens is 2. The van der Waals surface area contributed by atoms with E-state index in [9.17, 15) is 9.59 Å². The van der Waals surface area contributed by atoms with E-state index in [-0.39, 0.29) is 11.3 Å². The lowest BCUT2D eigenvalue weighted by Crippen LogP contribution is -2.10. The molecule has 88 valence electrons. The van der Waals surface area contributed by atoms with Crippen molar-refractivity contribution in [3.05, 3.63) is 22.1 Å². The van der Waals surface area contributed by atoms with Crippen LogP contribution in [0, 0.1) is 0 Å². The number of nitrogens with one attached hydrogen (secondary N) is 1. The molecule has 1 aromatic heterocycles. The Morgan fingerprint density at radius 3 is 3.00 bits per heavy atom. The number of aliphatic carboxylic acids is 1. The summed E-state index contributed by atoms with van der Waals surface area (Å²) in [5.41, 5.74) is 0.443. The van der Waals surface area contributed by atoms with Crippen LogP contribution in [0.1, 0.15) is 12.6 Å². The molecule has 0 radical (unpaired) electrons. The Kier molecular flexibility index (Phi) is 5.41. The summed E-state index contributed by atoms with van der Waals surface area (Å²) in [4.78, 5) is 28.3. The van der Waals surface area contributed by atoms with Crippen LogP contribution in [-0.2, 0) is 10.5 Å². The summed E-state index contributed by atoms with van der Waals surface area (Å²) in [6.45, 7) is 2.03. The van der Waals surface area contributed by atoms with Gasteiger partial charge in [-0.25, -0.2) is 4.98 Å². The van der Waals surface area contributed by atoms with E-state index in [0.717, 1.165) is 17.5 Å². The topological polar surface area (TPSA) is 83.0 Å². The fourth-order valence-electron chi connectivity index (χ4n) is 0.962. The predicted molar refractivity (Wildman–Crippen MR) is 65.1 cm³/mol. The standard InChI is InChI=1S/C9H12N2O3S2/c1-2-15-4-6-3-7(12)11-9(10-6)16-5-8(13)14/h3H,2,4-5H2,1H3,(H,13,14)(H,10,11,12). The molecule has 7 heteroatoms. The van der Waals surface area contributed by atoms with E-state index in [4.69, 9.17) is 5.11 Å². The molecule has 1 rings (SSSR count). The van der Waals surface area contributed by atoms with Gasteiger partial charge in [0.2, 0.25) is 0 Å². The molecule has 0 spiro atoms. The smallest absolute Gasteiger partial charge is 0.313 e. The van der Waals surface area contributed by atoms with Crippen molar-refractivity contribution in [2.24, 2.45) is 0 Å². The second-order valence-corrected chi connectivity index (χ2v) is 5.10. The maximum atomic E-state index is 11.3. The second kappa shape index (κ2) is 6.59. The lowest BCUT2D eigenvalue weighted by Gasteiger charge is -2.01. The summed E-state index contributed by atoms with van der Waals surface area (Å²) in [5.74, 6) is 0.585. The van der Waals surface area contributed by atoms with Crippen molar-refractivity contribution in [1.82, 2.24) is 9.97 Å². The van der Waals surface area contributed by atoms with Crippen LogP contribution >= 0.6 is 23.5 Å². The van der Waals surface area contributed by atoms with E-state index in [1.54, 1.807) is 11.8 Å². The first-order valence-corrected chi connectivity index (χ1v) is 6.78. The number of thioether (sulfide) groups is 2. The molecular formula is C9H12N2O3S2. The van der Waals surface area contributed by atoms with Gasteiger partial charge in [-0.05, 0) is 5.75 Å². The highest BCUT2D eigenvalue weighted by Crippen LogP contribution is 2.13. The molecule has 0 unspecified atom stereocenters. The average Bonchev–Trinajstić information content (AvgIpc) is 2.23. The Morgan fingerprint density at radius 1 is 1.62 bits per heavy atom. The van der Waals surface area contributed by atoms with Gasteiger partial charge in [0.15, 0.2) is 5.16 Å². The van der Waals surface area contributed by atoms with Crippen LogP contribution in [0.15, 0.2) is 16.0 Å². The minimum Gasteiger partial charge on any atom is -0.481 e. The summed E-state index contributed by atoms with van der Waals surface area (Å²) >= 11 is 2.68. The van der Waals surface area contributed by atoms with E-state index in [1.807, 2.05) is 6.92 Å². The summed E-state index contributed by atoms with van der Waals surface area (Å²) in [6, 6.07) is 1.44. The van der Waals surface area contributed by atoms with Crippen molar-refractivity contribution in [2.45, 2.75) is 17.8 Å². The zero-order valence-corrected chi connectivity index (χ0v) is 10.4. The van der Waals surface area contributed by atoms with Crippen molar-refractivity contribution >= 4 is 29.5 Å². The number of hydrogen-bond donors (Lipinski definition) is 2. The molecule has 0 aliphatic rings. The molecule has 0 saturated carbocycles. The number of aromatic amines is 1. The summed E-state index contributed by atoms with van der Waals surface area (Å²) in [7, 11) is 0. The molecule has 0 fully saturated rings. The lowest BCUT2D eigenvalue weighted by molar-refractivity contribution is -0.133. The molecule has 2 N–H and O–H groups in total. The molecule has 0 aromatic carbocycles. The molecule has 0 amide bonds. The second-order valence-electron chi connectivity index (χ2n) is 2.86. The quantitative estimate of drug-likeness (QED) is 0.590. The molecule has 16 heavy (non-hydrogen) atoms. The Labute approximate surface area is 101 Å². The molecule has 1 heterocycles. The maximum Gasteiger partial charge on any atom is 0.313 e. The van der Waals surface area contributed by atoms with Crippen LogP contribution in [0.3, 0.4) is 0 Å². The van der Waals surface area contributed by atoms with Gasteiger partial charge in [0.05, 0.1) is 11.4 Å². The fraction of sp³-hybridized carbons (Fsp3) is 0.444. The van der Waals surface area contributed by atoms with Gasteiger partial charge in [-0.1, -0.05) is 18.7 Å². The van der Waals surface area contributed by atoms with Crippen LogP contribution < -0.4 is 5.56 Å². The first kappa shape index (κ1) is 13.1. The van der Waals surface area contributed by atoms with E-state index < -0.39 is 5.97 Å². The number of nitrogens with zero attached hydrogens (tertiary/aromatic N) is 1. The number of carbonyl (C=O) groups is 1.